The highest BCUT2D eigenvalue weighted by Crippen LogP contribution is 2.41. The Bertz CT molecular complexity index is 1310. The largest absolute Gasteiger partial charge is 0.390 e. The number of hydrazone groups is 1. The number of carbonyl (C=O) groups is 1. The molecule has 3 atom stereocenters. The molecule has 0 spiro atoms. The van der Waals surface area contributed by atoms with Crippen molar-refractivity contribution < 1.29 is 18.3 Å². The van der Waals surface area contributed by atoms with Crippen molar-refractivity contribution in [3.63, 3.8) is 0 Å². The van der Waals surface area contributed by atoms with Crippen LogP contribution in [0, 0.1) is 12.8 Å². The van der Waals surface area contributed by atoms with Crippen LogP contribution in [0.25, 0.3) is 0 Å². The number of aliphatic hydroxyl groups is 1. The normalized spacial score (nSPS) is 23.6. The second-order valence-electron chi connectivity index (χ2n) is 9.24. The Hall–Kier alpha value is -3.49. The molecule has 182 valence electrons. The van der Waals surface area contributed by atoms with E-state index in [-0.39, 0.29) is 22.9 Å². The number of rotatable bonds is 6. The number of carbonyl (C=O) groups excluding carboxylic acids is 1. The lowest BCUT2D eigenvalue weighted by Crippen LogP contribution is -2.47. The molecule has 1 aliphatic carbocycles. The highest BCUT2D eigenvalue weighted by Gasteiger charge is 2.45. The Kier molecular flexibility index (Phi) is 7.05. The van der Waals surface area contributed by atoms with Gasteiger partial charge in [0.15, 0.2) is 0 Å². The van der Waals surface area contributed by atoms with E-state index in [1.165, 1.54) is 12.1 Å². The molecule has 0 aromatic heterocycles. The van der Waals surface area contributed by atoms with Crippen LogP contribution in [0.15, 0.2) is 94.9 Å². The van der Waals surface area contributed by atoms with Crippen molar-refractivity contribution >= 4 is 27.3 Å². The first-order valence-corrected chi connectivity index (χ1v) is 12.9. The van der Waals surface area contributed by atoms with Crippen molar-refractivity contribution in [1.82, 2.24) is 4.83 Å². The van der Waals surface area contributed by atoms with Crippen LogP contribution in [-0.4, -0.2) is 30.7 Å². The summed E-state index contributed by atoms with van der Waals surface area (Å²) in [5.74, 6) is -1.49. The fraction of sp³-hybridized carbons (Fsp3) is 0.259. The third-order valence-electron chi connectivity index (χ3n) is 6.18. The lowest BCUT2D eigenvalue weighted by Gasteiger charge is -2.40. The van der Waals surface area contributed by atoms with Gasteiger partial charge in [0.2, 0.25) is 5.91 Å². The lowest BCUT2D eigenvalue weighted by molar-refractivity contribution is -0.119. The van der Waals surface area contributed by atoms with E-state index in [0.717, 1.165) is 11.1 Å². The number of hydrogen-bond acceptors (Lipinski definition) is 5. The van der Waals surface area contributed by atoms with E-state index in [9.17, 15) is 18.3 Å². The summed E-state index contributed by atoms with van der Waals surface area (Å²) >= 11 is 0. The maximum atomic E-state index is 13.6. The average molecular weight is 492 g/mol. The third kappa shape index (κ3) is 5.96. The van der Waals surface area contributed by atoms with Crippen LogP contribution in [-0.2, 0) is 14.8 Å². The first-order valence-electron chi connectivity index (χ1n) is 11.4. The SMILES string of the molecule is Cc1ccc(S(=O)(=O)NN=C2CC(C)(O)CC(c3ccccc3)C2C(=O)Nc2ccccc2)cc1. The predicted molar refractivity (Wildman–Crippen MR) is 137 cm³/mol. The standard InChI is InChI=1S/C27H29N3O4S/c1-19-13-15-22(16-14-19)35(33,34)30-29-24-18-27(2,32)17-23(20-9-5-3-6-10-20)25(24)26(31)28-21-11-7-4-8-12-21/h3-16,23,25,30,32H,17-18H2,1-2H3,(H,28,31). The molecule has 8 heteroatoms. The number of benzene rings is 3. The van der Waals surface area contributed by atoms with Gasteiger partial charge in [0, 0.05) is 18.0 Å². The van der Waals surface area contributed by atoms with Gasteiger partial charge in [-0.15, -0.1) is 0 Å². The van der Waals surface area contributed by atoms with Crippen LogP contribution in [0.1, 0.15) is 36.8 Å². The third-order valence-corrected chi connectivity index (χ3v) is 7.40. The number of anilines is 1. The van der Waals surface area contributed by atoms with Gasteiger partial charge in [-0.3, -0.25) is 4.79 Å². The summed E-state index contributed by atoms with van der Waals surface area (Å²) in [5, 5.41) is 18.2. The highest BCUT2D eigenvalue weighted by molar-refractivity contribution is 7.89. The first kappa shape index (κ1) is 24.6. The molecule has 3 unspecified atom stereocenters. The summed E-state index contributed by atoms with van der Waals surface area (Å²) in [6.45, 7) is 3.55. The smallest absolute Gasteiger partial charge is 0.276 e. The van der Waals surface area contributed by atoms with E-state index >= 15 is 0 Å². The van der Waals surface area contributed by atoms with E-state index in [1.807, 2.05) is 55.5 Å². The van der Waals surface area contributed by atoms with Crippen molar-refractivity contribution in [2.24, 2.45) is 11.0 Å². The minimum Gasteiger partial charge on any atom is -0.390 e. The lowest BCUT2D eigenvalue weighted by atomic mass is 9.68. The summed E-state index contributed by atoms with van der Waals surface area (Å²) in [6, 6.07) is 24.9. The van der Waals surface area contributed by atoms with Crippen molar-refractivity contribution in [2.75, 3.05) is 5.32 Å². The van der Waals surface area contributed by atoms with Crippen LogP contribution < -0.4 is 10.1 Å². The number of nitrogens with zero attached hydrogens (tertiary/aromatic N) is 1. The second-order valence-corrected chi connectivity index (χ2v) is 10.9. The van der Waals surface area contributed by atoms with E-state index in [2.05, 4.69) is 15.2 Å². The van der Waals surface area contributed by atoms with Crippen molar-refractivity contribution in [1.29, 1.82) is 0 Å². The number of aryl methyl sites for hydroxylation is 1. The quantitative estimate of drug-likeness (QED) is 0.449. The summed E-state index contributed by atoms with van der Waals surface area (Å²) in [7, 11) is -3.95. The molecule has 7 nitrogen and oxygen atoms in total. The molecule has 35 heavy (non-hydrogen) atoms. The van der Waals surface area contributed by atoms with E-state index in [1.54, 1.807) is 31.2 Å². The van der Waals surface area contributed by atoms with Gasteiger partial charge >= 0.3 is 0 Å². The molecule has 1 aliphatic rings. The fourth-order valence-electron chi connectivity index (χ4n) is 4.48. The fourth-order valence-corrected chi connectivity index (χ4v) is 5.32. The van der Waals surface area contributed by atoms with Gasteiger partial charge < -0.3 is 10.4 Å². The van der Waals surface area contributed by atoms with Gasteiger partial charge in [-0.05, 0) is 50.1 Å². The molecule has 1 amide bonds. The van der Waals surface area contributed by atoms with Gasteiger partial charge in [0.1, 0.15) is 0 Å². The van der Waals surface area contributed by atoms with E-state index < -0.39 is 27.5 Å². The number of sulfonamides is 1. The molecule has 0 heterocycles. The zero-order chi connectivity index (χ0) is 25.1. The maximum Gasteiger partial charge on any atom is 0.276 e. The Labute approximate surface area is 206 Å². The average Bonchev–Trinajstić information content (AvgIpc) is 2.83. The monoisotopic (exact) mass is 491 g/mol. The minimum atomic E-state index is -3.95. The van der Waals surface area contributed by atoms with Gasteiger partial charge in [0.05, 0.1) is 22.1 Å². The summed E-state index contributed by atoms with van der Waals surface area (Å²) < 4.78 is 25.8. The molecule has 3 aromatic carbocycles. The molecule has 0 radical (unpaired) electrons. The van der Waals surface area contributed by atoms with Gasteiger partial charge in [0.25, 0.3) is 10.0 Å². The van der Waals surface area contributed by atoms with Crippen LogP contribution in [0.4, 0.5) is 5.69 Å². The minimum absolute atomic E-state index is 0.0552. The summed E-state index contributed by atoms with van der Waals surface area (Å²) in [6.07, 6.45) is 0.382. The molecule has 0 saturated heterocycles. The topological polar surface area (TPSA) is 108 Å². The van der Waals surface area contributed by atoms with Gasteiger partial charge in [-0.2, -0.15) is 13.5 Å². The van der Waals surface area contributed by atoms with Crippen molar-refractivity contribution in [3.05, 3.63) is 96.1 Å². The molecule has 3 N–H and O–H groups in total. The Morgan fingerprint density at radius 1 is 0.971 bits per heavy atom. The zero-order valence-corrected chi connectivity index (χ0v) is 20.5. The molecular weight excluding hydrogens is 462 g/mol. The predicted octanol–water partition coefficient (Wildman–Crippen LogP) is 4.21. The highest BCUT2D eigenvalue weighted by atomic mass is 32.2. The molecule has 4 rings (SSSR count). The van der Waals surface area contributed by atoms with Crippen LogP contribution in [0.5, 0.6) is 0 Å². The number of para-hydroxylation sites is 1. The van der Waals surface area contributed by atoms with E-state index in [4.69, 9.17) is 0 Å². The Balaban J connectivity index is 1.72. The Morgan fingerprint density at radius 2 is 1.57 bits per heavy atom. The van der Waals surface area contributed by atoms with Gasteiger partial charge in [-0.25, -0.2) is 4.83 Å². The molecule has 1 fully saturated rings. The van der Waals surface area contributed by atoms with Gasteiger partial charge in [-0.1, -0.05) is 66.2 Å². The second kappa shape index (κ2) is 10.0. The molecule has 3 aromatic rings. The van der Waals surface area contributed by atoms with Crippen LogP contribution >= 0.6 is 0 Å². The molecular formula is C27H29N3O4S. The van der Waals surface area contributed by atoms with Crippen molar-refractivity contribution in [3.8, 4) is 0 Å². The molecule has 1 saturated carbocycles. The van der Waals surface area contributed by atoms with Crippen LogP contribution in [0.3, 0.4) is 0 Å². The van der Waals surface area contributed by atoms with E-state index in [0.29, 0.717) is 12.1 Å². The summed E-state index contributed by atoms with van der Waals surface area (Å²) in [5.41, 5.74) is 1.54. The Morgan fingerprint density at radius 3 is 2.20 bits per heavy atom. The number of amides is 1. The number of nitrogens with one attached hydrogen (secondary N) is 2. The zero-order valence-electron chi connectivity index (χ0n) is 19.7. The maximum absolute atomic E-state index is 13.6. The number of hydrogen-bond donors (Lipinski definition) is 3. The van der Waals surface area contributed by atoms with Crippen LogP contribution in [0.2, 0.25) is 0 Å². The summed E-state index contributed by atoms with van der Waals surface area (Å²) in [4.78, 5) is 15.9. The molecule has 0 bridgehead atoms. The van der Waals surface area contributed by atoms with Crippen molar-refractivity contribution in [2.45, 2.75) is 43.1 Å². The molecule has 0 aliphatic heterocycles. The first-order chi connectivity index (χ1) is 16.6.